The Balaban J connectivity index is 1.74. The first-order chi connectivity index (χ1) is 13.8. The molecule has 0 spiro atoms. The maximum atomic E-state index is 13.2. The van der Waals surface area contributed by atoms with E-state index in [4.69, 9.17) is 16.0 Å². The highest BCUT2D eigenvalue weighted by Crippen LogP contribution is 2.36. The van der Waals surface area contributed by atoms with Crippen LogP contribution in [-0.4, -0.2) is 17.4 Å². The molecule has 0 radical (unpaired) electrons. The van der Waals surface area contributed by atoms with Gasteiger partial charge in [-0.2, -0.15) is 13.2 Å². The SMILES string of the molecule is O=C(CN(Cc1ccccc1)Cc1ccco1)Nc1ccc(Cl)cc1C(F)(F)F. The number of benzene rings is 2. The van der Waals surface area contributed by atoms with Gasteiger partial charge in [-0.1, -0.05) is 41.9 Å². The molecule has 0 saturated heterocycles. The molecule has 0 bridgehead atoms. The van der Waals surface area contributed by atoms with Crippen molar-refractivity contribution < 1.29 is 22.4 Å². The van der Waals surface area contributed by atoms with Gasteiger partial charge in [0.05, 0.1) is 30.6 Å². The number of furan rings is 1. The molecular formula is C21H18ClF3N2O2. The van der Waals surface area contributed by atoms with Crippen LogP contribution >= 0.6 is 11.6 Å². The molecule has 1 N–H and O–H groups in total. The first kappa shape index (κ1) is 21.0. The maximum Gasteiger partial charge on any atom is 0.418 e. The number of anilines is 1. The fourth-order valence-corrected chi connectivity index (χ4v) is 3.06. The van der Waals surface area contributed by atoms with Gasteiger partial charge < -0.3 is 9.73 Å². The van der Waals surface area contributed by atoms with Crippen molar-refractivity contribution in [3.05, 3.63) is 88.8 Å². The number of carbonyl (C=O) groups is 1. The molecule has 1 amide bonds. The first-order valence-electron chi connectivity index (χ1n) is 8.76. The van der Waals surface area contributed by atoms with E-state index in [1.165, 1.54) is 12.3 Å². The van der Waals surface area contributed by atoms with Crippen molar-refractivity contribution in [2.75, 3.05) is 11.9 Å². The summed E-state index contributed by atoms with van der Waals surface area (Å²) in [5.41, 5.74) is -0.349. The molecule has 3 rings (SSSR count). The number of amides is 1. The molecule has 152 valence electrons. The van der Waals surface area contributed by atoms with Crippen LogP contribution in [0.5, 0.6) is 0 Å². The highest BCUT2D eigenvalue weighted by molar-refractivity contribution is 6.30. The van der Waals surface area contributed by atoms with E-state index in [1.54, 1.807) is 17.0 Å². The molecule has 0 aliphatic carbocycles. The van der Waals surface area contributed by atoms with Gasteiger partial charge in [0.15, 0.2) is 0 Å². The van der Waals surface area contributed by atoms with Gasteiger partial charge in [-0.3, -0.25) is 9.69 Å². The molecular weight excluding hydrogens is 405 g/mol. The molecule has 0 unspecified atom stereocenters. The largest absolute Gasteiger partial charge is 0.468 e. The van der Waals surface area contributed by atoms with Crippen molar-refractivity contribution >= 4 is 23.2 Å². The highest BCUT2D eigenvalue weighted by Gasteiger charge is 2.34. The van der Waals surface area contributed by atoms with Gasteiger partial charge in [0, 0.05) is 11.6 Å². The molecule has 0 aliphatic rings. The van der Waals surface area contributed by atoms with Gasteiger partial charge in [0.25, 0.3) is 0 Å². The fraction of sp³-hybridized carbons (Fsp3) is 0.190. The summed E-state index contributed by atoms with van der Waals surface area (Å²) in [6, 6.07) is 16.2. The van der Waals surface area contributed by atoms with Crippen molar-refractivity contribution in [1.29, 1.82) is 0 Å². The van der Waals surface area contributed by atoms with Crippen LogP contribution in [0.15, 0.2) is 71.3 Å². The quantitative estimate of drug-likeness (QED) is 0.539. The Kier molecular flexibility index (Phi) is 6.61. The highest BCUT2D eigenvalue weighted by atomic mass is 35.5. The van der Waals surface area contributed by atoms with Crippen molar-refractivity contribution in [3.8, 4) is 0 Å². The molecule has 0 aliphatic heterocycles. The van der Waals surface area contributed by atoms with Crippen molar-refractivity contribution in [2.24, 2.45) is 0 Å². The third-order valence-electron chi connectivity index (χ3n) is 4.14. The molecule has 4 nitrogen and oxygen atoms in total. The van der Waals surface area contributed by atoms with Gasteiger partial charge in [-0.05, 0) is 35.9 Å². The van der Waals surface area contributed by atoms with E-state index in [1.807, 2.05) is 30.3 Å². The Hall–Kier alpha value is -2.77. The third kappa shape index (κ3) is 6.10. The number of nitrogens with one attached hydrogen (secondary N) is 1. The van der Waals surface area contributed by atoms with E-state index in [-0.39, 0.29) is 17.3 Å². The molecule has 2 aromatic carbocycles. The lowest BCUT2D eigenvalue weighted by atomic mass is 10.1. The minimum atomic E-state index is -4.63. The van der Waals surface area contributed by atoms with Crippen LogP contribution in [0.2, 0.25) is 5.02 Å². The summed E-state index contributed by atoms with van der Waals surface area (Å²) in [6.07, 6.45) is -3.11. The molecule has 8 heteroatoms. The predicted molar refractivity (Wildman–Crippen MR) is 104 cm³/mol. The Morgan fingerprint density at radius 2 is 1.79 bits per heavy atom. The lowest BCUT2D eigenvalue weighted by Crippen LogP contribution is -2.33. The van der Waals surface area contributed by atoms with Crippen LogP contribution in [0.4, 0.5) is 18.9 Å². The van der Waals surface area contributed by atoms with Gasteiger partial charge in [-0.15, -0.1) is 0 Å². The molecule has 0 fully saturated rings. The Morgan fingerprint density at radius 1 is 1.03 bits per heavy atom. The third-order valence-corrected chi connectivity index (χ3v) is 4.37. The lowest BCUT2D eigenvalue weighted by Gasteiger charge is -2.21. The van der Waals surface area contributed by atoms with E-state index in [9.17, 15) is 18.0 Å². The second kappa shape index (κ2) is 9.15. The summed E-state index contributed by atoms with van der Waals surface area (Å²) < 4.78 is 45.1. The monoisotopic (exact) mass is 422 g/mol. The van der Waals surface area contributed by atoms with E-state index in [0.29, 0.717) is 18.8 Å². The van der Waals surface area contributed by atoms with Crippen LogP contribution in [0.25, 0.3) is 0 Å². The van der Waals surface area contributed by atoms with Crippen LogP contribution < -0.4 is 5.32 Å². The molecule has 1 aromatic heterocycles. The predicted octanol–water partition coefficient (Wildman–Crippen LogP) is 5.59. The van der Waals surface area contributed by atoms with Crippen molar-refractivity contribution in [1.82, 2.24) is 4.90 Å². The van der Waals surface area contributed by atoms with Gasteiger partial charge in [0.2, 0.25) is 5.91 Å². The van der Waals surface area contributed by atoms with Gasteiger partial charge in [-0.25, -0.2) is 0 Å². The second-order valence-corrected chi connectivity index (χ2v) is 6.88. The summed E-state index contributed by atoms with van der Waals surface area (Å²) in [4.78, 5) is 14.3. The Labute approximate surface area is 170 Å². The number of carbonyl (C=O) groups excluding carboxylic acids is 1. The molecule has 1 heterocycles. The molecule has 0 saturated carbocycles. The van der Waals surface area contributed by atoms with E-state index < -0.39 is 17.6 Å². The van der Waals surface area contributed by atoms with E-state index in [0.717, 1.165) is 17.7 Å². The summed E-state index contributed by atoms with van der Waals surface area (Å²) in [6.45, 7) is 0.652. The van der Waals surface area contributed by atoms with Crippen LogP contribution in [-0.2, 0) is 24.1 Å². The molecule has 0 atom stereocenters. The van der Waals surface area contributed by atoms with E-state index in [2.05, 4.69) is 5.32 Å². The standard InChI is InChI=1S/C21H18ClF3N2O2/c22-16-8-9-19(18(11-16)21(23,24)25)26-20(28)14-27(13-17-7-4-10-29-17)12-15-5-2-1-3-6-15/h1-11H,12-14H2,(H,26,28). The van der Waals surface area contributed by atoms with Crippen LogP contribution in [0, 0.1) is 0 Å². The summed E-state index contributed by atoms with van der Waals surface area (Å²) in [5, 5.41) is 2.29. The number of halogens is 4. The Morgan fingerprint density at radius 3 is 2.45 bits per heavy atom. The van der Waals surface area contributed by atoms with Crippen LogP contribution in [0.3, 0.4) is 0 Å². The summed E-state index contributed by atoms with van der Waals surface area (Å²) in [5.74, 6) is 0.0801. The number of alkyl halides is 3. The smallest absolute Gasteiger partial charge is 0.418 e. The minimum absolute atomic E-state index is 0.0566. The molecule has 29 heavy (non-hydrogen) atoms. The normalized spacial score (nSPS) is 11.6. The zero-order valence-corrected chi connectivity index (χ0v) is 16.0. The lowest BCUT2D eigenvalue weighted by molar-refractivity contribution is -0.137. The summed E-state index contributed by atoms with van der Waals surface area (Å²) >= 11 is 5.68. The first-order valence-corrected chi connectivity index (χ1v) is 9.14. The van der Waals surface area contributed by atoms with Gasteiger partial charge >= 0.3 is 6.18 Å². The number of hydrogen-bond acceptors (Lipinski definition) is 3. The fourth-order valence-electron chi connectivity index (χ4n) is 2.89. The minimum Gasteiger partial charge on any atom is -0.468 e. The number of nitrogens with zero attached hydrogens (tertiary/aromatic N) is 1. The van der Waals surface area contributed by atoms with E-state index >= 15 is 0 Å². The average molecular weight is 423 g/mol. The maximum absolute atomic E-state index is 13.2. The zero-order valence-electron chi connectivity index (χ0n) is 15.2. The average Bonchev–Trinajstić information content (AvgIpc) is 3.16. The Bertz CT molecular complexity index is 944. The van der Waals surface area contributed by atoms with Gasteiger partial charge in [0.1, 0.15) is 5.76 Å². The van der Waals surface area contributed by atoms with Crippen LogP contribution in [0.1, 0.15) is 16.9 Å². The molecule has 3 aromatic rings. The number of rotatable bonds is 7. The number of hydrogen-bond donors (Lipinski definition) is 1. The van der Waals surface area contributed by atoms with Crippen molar-refractivity contribution in [2.45, 2.75) is 19.3 Å². The summed E-state index contributed by atoms with van der Waals surface area (Å²) in [7, 11) is 0. The zero-order chi connectivity index (χ0) is 20.9. The topological polar surface area (TPSA) is 45.5 Å². The van der Waals surface area contributed by atoms with Crippen molar-refractivity contribution in [3.63, 3.8) is 0 Å². The second-order valence-electron chi connectivity index (χ2n) is 6.45.